The van der Waals surface area contributed by atoms with Crippen molar-refractivity contribution in [2.24, 2.45) is 7.05 Å². The zero-order valence-corrected chi connectivity index (χ0v) is 14.5. The highest BCUT2D eigenvalue weighted by atomic mass is 16.1. The highest BCUT2D eigenvalue weighted by Crippen LogP contribution is 2.23. The van der Waals surface area contributed by atoms with Gasteiger partial charge in [0.05, 0.1) is 17.6 Å². The fourth-order valence-corrected chi connectivity index (χ4v) is 3.24. The van der Waals surface area contributed by atoms with Crippen molar-refractivity contribution in [3.8, 4) is 5.69 Å². The summed E-state index contributed by atoms with van der Waals surface area (Å²) >= 11 is 0. The molecule has 0 aliphatic carbocycles. The predicted molar refractivity (Wildman–Crippen MR) is 95.3 cm³/mol. The Morgan fingerprint density at radius 3 is 2.92 bits per heavy atom. The van der Waals surface area contributed by atoms with Crippen molar-refractivity contribution in [3.63, 3.8) is 0 Å². The Bertz CT molecular complexity index is 886. The van der Waals surface area contributed by atoms with Gasteiger partial charge in [0.25, 0.3) is 0 Å². The van der Waals surface area contributed by atoms with Gasteiger partial charge in [-0.25, -0.2) is 4.98 Å². The van der Waals surface area contributed by atoms with Crippen molar-refractivity contribution in [1.29, 1.82) is 0 Å². The van der Waals surface area contributed by atoms with E-state index in [1.165, 1.54) is 0 Å². The van der Waals surface area contributed by atoms with Gasteiger partial charge in [0.1, 0.15) is 11.9 Å². The molecule has 4 rings (SSSR count). The van der Waals surface area contributed by atoms with Crippen LogP contribution in [0.15, 0.2) is 48.9 Å². The maximum Gasteiger partial charge on any atom is 0.220 e. The van der Waals surface area contributed by atoms with E-state index in [0.717, 1.165) is 23.6 Å². The van der Waals surface area contributed by atoms with E-state index in [-0.39, 0.29) is 18.0 Å². The third-order valence-corrected chi connectivity index (χ3v) is 4.61. The number of hydrogen-bond donors (Lipinski definition) is 2. The minimum absolute atomic E-state index is 0.0612. The van der Waals surface area contributed by atoms with Crippen LogP contribution < -0.4 is 10.6 Å². The van der Waals surface area contributed by atoms with Crippen LogP contribution in [0.5, 0.6) is 0 Å². The number of carbonyl (C=O) groups is 1. The van der Waals surface area contributed by atoms with Gasteiger partial charge in [0.2, 0.25) is 5.91 Å². The maximum atomic E-state index is 11.9. The van der Waals surface area contributed by atoms with Crippen LogP contribution in [0.1, 0.15) is 30.4 Å². The molecule has 3 heterocycles. The molecule has 26 heavy (non-hydrogen) atoms. The normalized spacial score (nSPS) is 20.1. The summed E-state index contributed by atoms with van der Waals surface area (Å²) in [5.41, 5.74) is 1.78. The van der Waals surface area contributed by atoms with Gasteiger partial charge in [-0.05, 0) is 18.6 Å². The molecular weight excluding hydrogens is 330 g/mol. The van der Waals surface area contributed by atoms with E-state index in [0.29, 0.717) is 13.0 Å². The van der Waals surface area contributed by atoms with E-state index in [1.54, 1.807) is 17.2 Å². The van der Waals surface area contributed by atoms with Gasteiger partial charge < -0.3 is 15.2 Å². The number of carbonyl (C=O) groups excluding carboxylic acids is 1. The van der Waals surface area contributed by atoms with Crippen LogP contribution in [0.25, 0.3) is 5.69 Å². The first kappa shape index (κ1) is 16.5. The van der Waals surface area contributed by atoms with Gasteiger partial charge in [0.15, 0.2) is 0 Å². The molecule has 0 unspecified atom stereocenters. The number of nitrogens with zero attached hydrogens (tertiary/aromatic N) is 5. The van der Waals surface area contributed by atoms with E-state index < -0.39 is 0 Å². The molecule has 2 N–H and O–H groups in total. The van der Waals surface area contributed by atoms with Crippen LogP contribution >= 0.6 is 0 Å². The Hall–Kier alpha value is -3.00. The fourth-order valence-electron chi connectivity index (χ4n) is 3.24. The minimum atomic E-state index is -0.152. The van der Waals surface area contributed by atoms with E-state index in [4.69, 9.17) is 0 Å². The average Bonchev–Trinajstić information content (AvgIpc) is 3.30. The van der Waals surface area contributed by atoms with E-state index in [9.17, 15) is 4.79 Å². The lowest BCUT2D eigenvalue weighted by Crippen LogP contribution is -2.49. The van der Waals surface area contributed by atoms with Crippen LogP contribution in [-0.4, -0.2) is 36.5 Å². The number of amides is 1. The maximum absolute atomic E-state index is 11.9. The van der Waals surface area contributed by atoms with Crippen molar-refractivity contribution in [2.45, 2.75) is 31.5 Å². The van der Waals surface area contributed by atoms with Gasteiger partial charge in [0, 0.05) is 38.4 Å². The fraction of sp³-hybridized carbons (Fsp3) is 0.333. The quantitative estimate of drug-likeness (QED) is 0.719. The van der Waals surface area contributed by atoms with Crippen LogP contribution in [0.4, 0.5) is 0 Å². The van der Waals surface area contributed by atoms with Crippen LogP contribution in [0, 0.1) is 0 Å². The predicted octanol–water partition coefficient (Wildman–Crippen LogP) is 1.11. The van der Waals surface area contributed by atoms with Crippen LogP contribution in [0.3, 0.4) is 0 Å². The molecule has 1 fully saturated rings. The largest absolute Gasteiger partial charge is 0.345 e. The Morgan fingerprint density at radius 2 is 2.15 bits per heavy atom. The van der Waals surface area contributed by atoms with Crippen molar-refractivity contribution < 1.29 is 4.79 Å². The first-order valence-electron chi connectivity index (χ1n) is 8.67. The lowest BCUT2D eigenvalue weighted by Gasteiger charge is -2.32. The molecule has 0 spiro atoms. The summed E-state index contributed by atoms with van der Waals surface area (Å²) in [6.07, 6.45) is 6.67. The number of aryl methyl sites for hydroxylation is 1. The Labute approximate surface area is 151 Å². The van der Waals surface area contributed by atoms with Crippen LogP contribution in [-0.2, 0) is 18.4 Å². The van der Waals surface area contributed by atoms with Gasteiger partial charge in [-0.1, -0.05) is 18.2 Å². The SMILES string of the molecule is Cn1ccnc1[C@@H]1NC(=O)CC[C@H]1NCc1cnn(-c2ccccc2)n1. The lowest BCUT2D eigenvalue weighted by atomic mass is 9.97. The number of piperidine rings is 1. The number of imidazole rings is 1. The molecule has 1 amide bonds. The Morgan fingerprint density at radius 1 is 1.31 bits per heavy atom. The molecule has 3 aromatic rings. The average molecular weight is 351 g/mol. The molecule has 1 aromatic carbocycles. The van der Waals surface area contributed by atoms with Crippen molar-refractivity contribution in [3.05, 3.63) is 60.4 Å². The molecule has 0 radical (unpaired) electrons. The van der Waals surface area contributed by atoms with Gasteiger partial charge in [-0.2, -0.15) is 15.0 Å². The molecule has 1 saturated heterocycles. The van der Waals surface area contributed by atoms with Crippen LogP contribution in [0.2, 0.25) is 0 Å². The standard InChI is InChI=1S/C18H21N7O/c1-24-10-9-19-18(24)17-15(7-8-16(26)22-17)20-11-13-12-21-25(23-13)14-5-3-2-4-6-14/h2-6,9-10,12,15,17,20H,7-8,11H2,1H3,(H,22,26)/t15-,17-/m1/s1. The highest BCUT2D eigenvalue weighted by molar-refractivity contribution is 5.77. The first-order valence-corrected chi connectivity index (χ1v) is 8.67. The third kappa shape index (κ3) is 3.36. The van der Waals surface area contributed by atoms with Gasteiger partial charge >= 0.3 is 0 Å². The number of rotatable bonds is 5. The summed E-state index contributed by atoms with van der Waals surface area (Å²) < 4.78 is 1.94. The van der Waals surface area contributed by atoms with Crippen molar-refractivity contribution in [2.75, 3.05) is 0 Å². The summed E-state index contributed by atoms with van der Waals surface area (Å²) in [7, 11) is 1.94. The molecule has 134 valence electrons. The molecule has 8 heteroatoms. The molecule has 8 nitrogen and oxygen atoms in total. The second-order valence-electron chi connectivity index (χ2n) is 6.43. The first-order chi connectivity index (χ1) is 12.7. The second kappa shape index (κ2) is 7.09. The van der Waals surface area contributed by atoms with Crippen molar-refractivity contribution in [1.82, 2.24) is 35.2 Å². The van der Waals surface area contributed by atoms with Gasteiger partial charge in [-0.3, -0.25) is 4.79 Å². The summed E-state index contributed by atoms with van der Waals surface area (Å²) in [6.45, 7) is 0.578. The number of nitrogens with one attached hydrogen (secondary N) is 2. The lowest BCUT2D eigenvalue weighted by molar-refractivity contribution is -0.124. The molecule has 2 atom stereocenters. The Balaban J connectivity index is 1.45. The molecule has 0 saturated carbocycles. The molecule has 1 aliphatic rings. The number of para-hydroxylation sites is 1. The van der Waals surface area contributed by atoms with E-state index in [1.807, 2.05) is 48.1 Å². The van der Waals surface area contributed by atoms with E-state index >= 15 is 0 Å². The molecule has 1 aliphatic heterocycles. The molecule has 2 aromatic heterocycles. The summed E-state index contributed by atoms with van der Waals surface area (Å²) in [5, 5.41) is 15.4. The molecule has 0 bridgehead atoms. The number of aromatic nitrogens is 5. The van der Waals surface area contributed by atoms with Crippen molar-refractivity contribution >= 4 is 5.91 Å². The van der Waals surface area contributed by atoms with E-state index in [2.05, 4.69) is 25.8 Å². The monoisotopic (exact) mass is 351 g/mol. The zero-order chi connectivity index (χ0) is 17.9. The third-order valence-electron chi connectivity index (χ3n) is 4.61. The highest BCUT2D eigenvalue weighted by Gasteiger charge is 2.32. The van der Waals surface area contributed by atoms with Gasteiger partial charge in [-0.15, -0.1) is 0 Å². The number of benzene rings is 1. The summed E-state index contributed by atoms with van der Waals surface area (Å²) in [4.78, 5) is 17.9. The number of hydrogen-bond acceptors (Lipinski definition) is 5. The second-order valence-corrected chi connectivity index (χ2v) is 6.43. The summed E-state index contributed by atoms with van der Waals surface area (Å²) in [6, 6.07) is 9.74. The smallest absolute Gasteiger partial charge is 0.220 e. The molecular formula is C18H21N7O. The summed E-state index contributed by atoms with van der Waals surface area (Å²) in [5.74, 6) is 0.912. The topological polar surface area (TPSA) is 89.7 Å². The minimum Gasteiger partial charge on any atom is -0.345 e. The zero-order valence-electron chi connectivity index (χ0n) is 14.5. The Kier molecular flexibility index (Phi) is 4.49.